The van der Waals surface area contributed by atoms with Crippen molar-refractivity contribution in [1.29, 1.82) is 0 Å². The van der Waals surface area contributed by atoms with Crippen LogP contribution in [-0.2, 0) is 19.4 Å². The van der Waals surface area contributed by atoms with E-state index in [1.165, 1.54) is 18.4 Å². The predicted molar refractivity (Wildman–Crippen MR) is 100 cm³/mol. The van der Waals surface area contributed by atoms with Gasteiger partial charge in [-0.1, -0.05) is 11.6 Å². The number of rotatable bonds is 6. The van der Waals surface area contributed by atoms with E-state index in [9.17, 15) is 18.0 Å². The zero-order valence-electron chi connectivity index (χ0n) is 15.7. The number of likely N-dealkylation sites (tertiary alicyclic amines) is 1. The maximum atomic E-state index is 12.9. The molecule has 146 valence electrons. The van der Waals surface area contributed by atoms with Crippen molar-refractivity contribution < 1.29 is 18.0 Å². The Morgan fingerprint density at radius 2 is 2.15 bits per heavy atom. The summed E-state index contributed by atoms with van der Waals surface area (Å²) in [5, 5.41) is 0. The molecule has 3 aliphatic rings. The molecule has 2 amide bonds. The fourth-order valence-electron chi connectivity index (χ4n) is 4.41. The van der Waals surface area contributed by atoms with Crippen LogP contribution >= 0.6 is 0 Å². The average Bonchev–Trinajstić information content (AvgIpc) is 3.17. The number of amides is 2. The molecular formula is C19H30N2O4S. The monoisotopic (exact) mass is 382 g/mol. The van der Waals surface area contributed by atoms with E-state index in [0.29, 0.717) is 26.1 Å². The van der Waals surface area contributed by atoms with Crippen LogP contribution in [0.25, 0.3) is 0 Å². The normalized spacial score (nSPS) is 28.3. The average molecular weight is 383 g/mol. The minimum Gasteiger partial charge on any atom is -0.342 e. The van der Waals surface area contributed by atoms with Gasteiger partial charge in [-0.25, -0.2) is 8.42 Å². The van der Waals surface area contributed by atoms with Crippen LogP contribution < -0.4 is 0 Å². The molecule has 2 fully saturated rings. The lowest BCUT2D eigenvalue weighted by atomic mass is 9.97. The van der Waals surface area contributed by atoms with Crippen molar-refractivity contribution in [3.63, 3.8) is 0 Å². The standard InChI is InChI=1S/C19H30N2O4S/c1-2-21(17-9-11-26(24,25)14-17)19(23)16-12-18(22)20(13-16)10-8-15-6-4-3-5-7-15/h6,16-17H,2-5,7-14H2,1H3. The van der Waals surface area contributed by atoms with Gasteiger partial charge in [0.05, 0.1) is 17.4 Å². The van der Waals surface area contributed by atoms with Crippen LogP contribution in [0.3, 0.4) is 0 Å². The Bertz CT molecular complexity index is 686. The molecule has 0 aromatic carbocycles. The van der Waals surface area contributed by atoms with E-state index < -0.39 is 9.84 Å². The van der Waals surface area contributed by atoms with Gasteiger partial charge in [0.25, 0.3) is 0 Å². The molecule has 0 aromatic heterocycles. The van der Waals surface area contributed by atoms with E-state index in [1.807, 2.05) is 11.8 Å². The number of carbonyl (C=O) groups is 2. The molecule has 6 nitrogen and oxygen atoms in total. The second-order valence-corrected chi connectivity index (χ2v) is 10.0. The Labute approximate surface area is 156 Å². The van der Waals surface area contributed by atoms with Crippen molar-refractivity contribution in [2.45, 2.75) is 57.9 Å². The van der Waals surface area contributed by atoms with Crippen LogP contribution in [0.1, 0.15) is 51.9 Å². The summed E-state index contributed by atoms with van der Waals surface area (Å²) >= 11 is 0. The van der Waals surface area contributed by atoms with Crippen molar-refractivity contribution in [3.8, 4) is 0 Å². The second-order valence-electron chi connectivity index (χ2n) is 7.78. The van der Waals surface area contributed by atoms with Crippen LogP contribution in [0.4, 0.5) is 0 Å². The van der Waals surface area contributed by atoms with Crippen LogP contribution in [0.5, 0.6) is 0 Å². The van der Waals surface area contributed by atoms with Crippen molar-refractivity contribution in [1.82, 2.24) is 9.80 Å². The highest BCUT2D eigenvalue weighted by molar-refractivity contribution is 7.91. The fraction of sp³-hybridized carbons (Fsp3) is 0.789. The summed E-state index contributed by atoms with van der Waals surface area (Å²) in [4.78, 5) is 28.8. The third-order valence-electron chi connectivity index (χ3n) is 5.92. The zero-order chi connectivity index (χ0) is 18.7. The lowest BCUT2D eigenvalue weighted by molar-refractivity contribution is -0.137. The SMILES string of the molecule is CCN(C(=O)C1CC(=O)N(CCC2=CCCCC2)C1)C1CCS(=O)(=O)C1. The molecule has 2 saturated heterocycles. The largest absolute Gasteiger partial charge is 0.342 e. The molecule has 0 spiro atoms. The number of sulfone groups is 1. The summed E-state index contributed by atoms with van der Waals surface area (Å²) in [6.07, 6.45) is 8.73. The van der Waals surface area contributed by atoms with E-state index in [-0.39, 0.29) is 41.7 Å². The molecule has 3 rings (SSSR count). The minimum atomic E-state index is -3.03. The molecular weight excluding hydrogens is 352 g/mol. The molecule has 0 radical (unpaired) electrons. The highest BCUT2D eigenvalue weighted by atomic mass is 32.2. The molecule has 0 saturated carbocycles. The Morgan fingerprint density at radius 3 is 2.77 bits per heavy atom. The third-order valence-corrected chi connectivity index (χ3v) is 7.67. The van der Waals surface area contributed by atoms with Gasteiger partial charge < -0.3 is 9.80 Å². The first-order valence-electron chi connectivity index (χ1n) is 9.86. The Morgan fingerprint density at radius 1 is 1.35 bits per heavy atom. The third kappa shape index (κ3) is 4.48. The van der Waals surface area contributed by atoms with Gasteiger partial charge >= 0.3 is 0 Å². The van der Waals surface area contributed by atoms with E-state index in [0.717, 1.165) is 19.3 Å². The van der Waals surface area contributed by atoms with Gasteiger partial charge in [-0.3, -0.25) is 9.59 Å². The Balaban J connectivity index is 1.56. The van der Waals surface area contributed by atoms with Gasteiger partial charge in [-0.05, 0) is 45.4 Å². The van der Waals surface area contributed by atoms with Crippen LogP contribution in [0.15, 0.2) is 11.6 Å². The lowest BCUT2D eigenvalue weighted by Gasteiger charge is -2.29. The molecule has 0 bridgehead atoms. The lowest BCUT2D eigenvalue weighted by Crippen LogP contribution is -2.44. The number of allylic oxidation sites excluding steroid dienone is 1. The van der Waals surface area contributed by atoms with Gasteiger partial charge in [-0.2, -0.15) is 0 Å². The fourth-order valence-corrected chi connectivity index (χ4v) is 6.14. The maximum absolute atomic E-state index is 12.9. The molecule has 1 aliphatic carbocycles. The number of nitrogens with zero attached hydrogens (tertiary/aromatic N) is 2. The van der Waals surface area contributed by atoms with Gasteiger partial charge in [0.1, 0.15) is 0 Å². The van der Waals surface area contributed by atoms with Crippen LogP contribution in [0, 0.1) is 5.92 Å². The van der Waals surface area contributed by atoms with Crippen molar-refractivity contribution in [2.24, 2.45) is 5.92 Å². The number of carbonyl (C=O) groups excluding carboxylic acids is 2. The summed E-state index contributed by atoms with van der Waals surface area (Å²) in [5.74, 6) is -0.111. The van der Waals surface area contributed by atoms with Crippen molar-refractivity contribution in [2.75, 3.05) is 31.1 Å². The molecule has 2 unspecified atom stereocenters. The highest BCUT2D eigenvalue weighted by Crippen LogP contribution is 2.26. The van der Waals surface area contributed by atoms with Crippen molar-refractivity contribution >= 4 is 21.7 Å². The van der Waals surface area contributed by atoms with E-state index in [2.05, 4.69) is 6.08 Å². The first-order valence-corrected chi connectivity index (χ1v) is 11.7. The molecule has 7 heteroatoms. The van der Waals surface area contributed by atoms with Gasteiger partial charge in [0.15, 0.2) is 9.84 Å². The van der Waals surface area contributed by atoms with E-state index in [4.69, 9.17) is 0 Å². The number of hydrogen-bond donors (Lipinski definition) is 0. The molecule has 2 heterocycles. The van der Waals surface area contributed by atoms with Gasteiger partial charge in [-0.15, -0.1) is 0 Å². The molecule has 2 atom stereocenters. The van der Waals surface area contributed by atoms with Crippen LogP contribution in [-0.4, -0.2) is 67.2 Å². The topological polar surface area (TPSA) is 74.8 Å². The van der Waals surface area contributed by atoms with Gasteiger partial charge in [0, 0.05) is 32.1 Å². The van der Waals surface area contributed by atoms with E-state index >= 15 is 0 Å². The summed E-state index contributed by atoms with van der Waals surface area (Å²) in [6, 6.07) is -0.228. The Kier molecular flexibility index (Phi) is 6.05. The Hall–Kier alpha value is -1.37. The predicted octanol–water partition coefficient (Wildman–Crippen LogP) is 1.76. The first-order chi connectivity index (χ1) is 12.4. The molecule has 0 aromatic rings. The second kappa shape index (κ2) is 8.11. The summed E-state index contributed by atoms with van der Waals surface area (Å²) in [6.45, 7) is 3.54. The molecule has 2 aliphatic heterocycles. The smallest absolute Gasteiger partial charge is 0.228 e. The van der Waals surface area contributed by atoms with Crippen LogP contribution in [0.2, 0.25) is 0 Å². The molecule has 26 heavy (non-hydrogen) atoms. The maximum Gasteiger partial charge on any atom is 0.228 e. The summed E-state index contributed by atoms with van der Waals surface area (Å²) in [7, 11) is -3.03. The first kappa shape index (κ1) is 19.4. The van der Waals surface area contributed by atoms with Gasteiger partial charge in [0.2, 0.25) is 11.8 Å². The molecule has 0 N–H and O–H groups in total. The van der Waals surface area contributed by atoms with E-state index in [1.54, 1.807) is 4.90 Å². The highest BCUT2D eigenvalue weighted by Gasteiger charge is 2.40. The number of hydrogen-bond acceptors (Lipinski definition) is 4. The zero-order valence-corrected chi connectivity index (χ0v) is 16.5. The van der Waals surface area contributed by atoms with Crippen molar-refractivity contribution in [3.05, 3.63) is 11.6 Å². The quantitative estimate of drug-likeness (QED) is 0.656. The minimum absolute atomic E-state index is 0.0508. The summed E-state index contributed by atoms with van der Waals surface area (Å²) in [5.41, 5.74) is 1.44. The summed E-state index contributed by atoms with van der Waals surface area (Å²) < 4.78 is 23.5.